The highest BCUT2D eigenvalue weighted by Crippen LogP contribution is 2.30. The molecule has 5 nitrogen and oxygen atoms in total. The average molecular weight is 357 g/mol. The Labute approximate surface area is 156 Å². The van der Waals surface area contributed by atoms with E-state index in [2.05, 4.69) is 22.1 Å². The molecule has 4 rings (SSSR count). The Morgan fingerprint density at radius 1 is 1.11 bits per heavy atom. The van der Waals surface area contributed by atoms with Crippen LogP contribution in [0.1, 0.15) is 27.0 Å². The summed E-state index contributed by atoms with van der Waals surface area (Å²) >= 11 is 0. The summed E-state index contributed by atoms with van der Waals surface area (Å²) in [7, 11) is 0. The number of anilines is 1. The van der Waals surface area contributed by atoms with Crippen LogP contribution < -0.4 is 5.73 Å². The van der Waals surface area contributed by atoms with Crippen LogP contribution in [-0.2, 0) is 12.8 Å². The minimum absolute atomic E-state index is 0.307. The van der Waals surface area contributed by atoms with E-state index < -0.39 is 5.97 Å². The molecular weight excluding hydrogens is 338 g/mol. The molecule has 0 spiro atoms. The van der Waals surface area contributed by atoms with E-state index in [1.54, 1.807) is 24.4 Å². The molecule has 0 bridgehead atoms. The monoisotopic (exact) mass is 357 g/mol. The van der Waals surface area contributed by atoms with Gasteiger partial charge in [0.1, 0.15) is 5.52 Å². The van der Waals surface area contributed by atoms with Gasteiger partial charge >= 0.3 is 5.97 Å². The number of aromatic nitrogens is 2. The van der Waals surface area contributed by atoms with Crippen LogP contribution >= 0.6 is 0 Å². The van der Waals surface area contributed by atoms with Crippen LogP contribution in [0.4, 0.5) is 5.82 Å². The van der Waals surface area contributed by atoms with E-state index in [4.69, 9.17) is 5.73 Å². The van der Waals surface area contributed by atoms with Crippen molar-refractivity contribution in [2.45, 2.75) is 19.8 Å². The molecule has 0 saturated carbocycles. The fraction of sp³-hybridized carbons (Fsp3) is 0.136. The van der Waals surface area contributed by atoms with Crippen LogP contribution in [-0.4, -0.2) is 21.0 Å². The summed E-state index contributed by atoms with van der Waals surface area (Å²) in [5, 5.41) is 11.2. The lowest BCUT2D eigenvalue weighted by molar-refractivity contribution is 0.0696. The summed E-state index contributed by atoms with van der Waals surface area (Å²) in [6.45, 7) is 2.03. The van der Waals surface area contributed by atoms with E-state index >= 15 is 0 Å². The number of benzene rings is 2. The van der Waals surface area contributed by atoms with E-state index in [1.165, 1.54) is 0 Å². The zero-order valence-corrected chi connectivity index (χ0v) is 14.9. The highest BCUT2D eigenvalue weighted by Gasteiger charge is 2.12. The van der Waals surface area contributed by atoms with E-state index in [9.17, 15) is 9.90 Å². The number of rotatable bonds is 4. The van der Waals surface area contributed by atoms with Crippen molar-refractivity contribution in [2.75, 3.05) is 5.73 Å². The second-order valence-electron chi connectivity index (χ2n) is 6.72. The number of carboxylic acids is 1. The molecule has 2 aromatic heterocycles. The fourth-order valence-corrected chi connectivity index (χ4v) is 3.47. The molecule has 4 aromatic rings. The summed E-state index contributed by atoms with van der Waals surface area (Å²) in [5.74, 6) is -0.482. The van der Waals surface area contributed by atoms with Gasteiger partial charge < -0.3 is 10.8 Å². The van der Waals surface area contributed by atoms with Gasteiger partial charge in [0.05, 0.1) is 11.1 Å². The molecule has 0 saturated heterocycles. The van der Waals surface area contributed by atoms with Crippen LogP contribution in [0.3, 0.4) is 0 Å². The second kappa shape index (κ2) is 6.68. The van der Waals surface area contributed by atoms with Gasteiger partial charge in [0.25, 0.3) is 0 Å². The normalized spacial score (nSPS) is 11.1. The van der Waals surface area contributed by atoms with Crippen molar-refractivity contribution in [1.29, 1.82) is 0 Å². The van der Waals surface area contributed by atoms with Gasteiger partial charge in [-0.05, 0) is 60.7 Å². The van der Waals surface area contributed by atoms with Gasteiger partial charge in [-0.2, -0.15) is 0 Å². The molecule has 0 unspecified atom stereocenters. The third-order valence-electron chi connectivity index (χ3n) is 4.80. The maximum atomic E-state index is 11.2. The van der Waals surface area contributed by atoms with Crippen molar-refractivity contribution >= 4 is 33.6 Å². The minimum atomic E-state index is -0.911. The van der Waals surface area contributed by atoms with Crippen molar-refractivity contribution in [3.8, 4) is 0 Å². The van der Waals surface area contributed by atoms with E-state index in [0.29, 0.717) is 16.9 Å². The number of aryl methyl sites for hydroxylation is 3. The van der Waals surface area contributed by atoms with Gasteiger partial charge in [-0.3, -0.25) is 4.98 Å². The molecule has 0 aliphatic carbocycles. The van der Waals surface area contributed by atoms with Gasteiger partial charge in [0.15, 0.2) is 5.82 Å². The minimum Gasteiger partial charge on any atom is -0.478 e. The van der Waals surface area contributed by atoms with Crippen LogP contribution in [0.25, 0.3) is 21.8 Å². The number of hydrogen-bond acceptors (Lipinski definition) is 4. The molecule has 0 fully saturated rings. The third kappa shape index (κ3) is 3.19. The maximum absolute atomic E-state index is 11.2. The van der Waals surface area contributed by atoms with Crippen LogP contribution in [0.5, 0.6) is 0 Å². The first-order valence-electron chi connectivity index (χ1n) is 8.78. The molecule has 2 aromatic carbocycles. The molecule has 0 atom stereocenters. The first kappa shape index (κ1) is 17.0. The summed E-state index contributed by atoms with van der Waals surface area (Å²) in [6, 6.07) is 15.2. The van der Waals surface area contributed by atoms with Crippen molar-refractivity contribution in [3.05, 3.63) is 77.0 Å². The predicted octanol–water partition coefficient (Wildman–Crippen LogP) is 4.16. The molecule has 0 amide bonds. The first-order valence-corrected chi connectivity index (χ1v) is 8.78. The van der Waals surface area contributed by atoms with E-state index in [-0.39, 0.29) is 0 Å². The fourth-order valence-electron chi connectivity index (χ4n) is 3.47. The second-order valence-corrected chi connectivity index (χ2v) is 6.72. The zero-order valence-electron chi connectivity index (χ0n) is 14.9. The van der Waals surface area contributed by atoms with Gasteiger partial charge in [0.2, 0.25) is 0 Å². The number of nitrogens with two attached hydrogens (primary N) is 1. The van der Waals surface area contributed by atoms with Crippen molar-refractivity contribution < 1.29 is 9.90 Å². The molecule has 27 heavy (non-hydrogen) atoms. The van der Waals surface area contributed by atoms with Gasteiger partial charge in [0, 0.05) is 17.0 Å². The maximum Gasteiger partial charge on any atom is 0.335 e. The number of nitrogen functional groups attached to an aromatic ring is 1. The van der Waals surface area contributed by atoms with Crippen molar-refractivity contribution in [2.24, 2.45) is 0 Å². The summed E-state index contributed by atoms with van der Waals surface area (Å²) in [5.41, 5.74) is 11.3. The van der Waals surface area contributed by atoms with E-state index in [1.807, 2.05) is 25.1 Å². The number of fused-ring (bicyclic) bond motifs is 3. The van der Waals surface area contributed by atoms with Crippen LogP contribution in [0, 0.1) is 6.92 Å². The Kier molecular flexibility index (Phi) is 4.20. The first-order chi connectivity index (χ1) is 13.0. The summed E-state index contributed by atoms with van der Waals surface area (Å²) in [4.78, 5) is 20.1. The Morgan fingerprint density at radius 2 is 1.96 bits per heavy atom. The number of hydrogen-bond donors (Lipinski definition) is 2. The van der Waals surface area contributed by atoms with Crippen LogP contribution in [0.2, 0.25) is 0 Å². The Bertz CT molecular complexity index is 1180. The molecule has 134 valence electrons. The summed E-state index contributed by atoms with van der Waals surface area (Å²) < 4.78 is 0. The summed E-state index contributed by atoms with van der Waals surface area (Å²) in [6.07, 6.45) is 3.24. The van der Waals surface area contributed by atoms with Gasteiger partial charge in [-0.15, -0.1) is 0 Å². The molecule has 5 heteroatoms. The SMILES string of the molecule is Cc1ccc2c(c1)nc(N)c1nccc(CCc3cccc(C(=O)O)c3)c12. The zero-order chi connectivity index (χ0) is 19.0. The lowest BCUT2D eigenvalue weighted by Gasteiger charge is -2.11. The molecule has 0 radical (unpaired) electrons. The molecule has 2 heterocycles. The van der Waals surface area contributed by atoms with E-state index in [0.717, 1.165) is 45.8 Å². The largest absolute Gasteiger partial charge is 0.478 e. The lowest BCUT2D eigenvalue weighted by Crippen LogP contribution is -2.01. The predicted molar refractivity (Wildman–Crippen MR) is 107 cm³/mol. The number of pyridine rings is 2. The smallest absolute Gasteiger partial charge is 0.335 e. The molecule has 0 aliphatic heterocycles. The molecule has 0 aliphatic rings. The lowest BCUT2D eigenvalue weighted by atomic mass is 9.97. The Morgan fingerprint density at radius 3 is 2.78 bits per heavy atom. The topological polar surface area (TPSA) is 89.1 Å². The Balaban J connectivity index is 1.79. The molecular formula is C22H19N3O2. The standard InChI is InChI=1S/C22H19N3O2/c1-13-5-8-17-18(11-13)25-21(23)20-19(17)15(9-10-24-20)7-6-14-3-2-4-16(12-14)22(26)27/h2-5,8-12H,6-7H2,1H3,(H2,23,25)(H,26,27). The number of nitrogens with zero attached hydrogens (tertiary/aromatic N) is 2. The third-order valence-corrected chi connectivity index (χ3v) is 4.80. The number of carboxylic acid groups (broad SMARTS) is 1. The van der Waals surface area contributed by atoms with Crippen molar-refractivity contribution in [1.82, 2.24) is 9.97 Å². The number of aromatic carboxylic acids is 1. The quantitative estimate of drug-likeness (QED) is 0.535. The van der Waals surface area contributed by atoms with Crippen LogP contribution in [0.15, 0.2) is 54.7 Å². The average Bonchev–Trinajstić information content (AvgIpc) is 2.66. The highest BCUT2D eigenvalue weighted by molar-refractivity contribution is 6.09. The highest BCUT2D eigenvalue weighted by atomic mass is 16.4. The number of carbonyl (C=O) groups is 1. The van der Waals surface area contributed by atoms with Gasteiger partial charge in [-0.25, -0.2) is 9.78 Å². The van der Waals surface area contributed by atoms with Gasteiger partial charge in [-0.1, -0.05) is 24.3 Å². The molecule has 3 N–H and O–H groups in total. The Hall–Kier alpha value is -3.47. The van der Waals surface area contributed by atoms with Crippen molar-refractivity contribution in [3.63, 3.8) is 0 Å².